The Hall–Kier alpha value is -1.66. The Morgan fingerprint density at radius 3 is 3.00 bits per heavy atom. The lowest BCUT2D eigenvalue weighted by Crippen LogP contribution is -2.42. The molecule has 2 aromatic heterocycles. The molecule has 0 aromatic carbocycles. The molecule has 2 aromatic rings. The van der Waals surface area contributed by atoms with E-state index < -0.39 is 0 Å². The molecule has 1 amide bonds. The van der Waals surface area contributed by atoms with Crippen molar-refractivity contribution in [3.8, 4) is 0 Å². The molecule has 1 aliphatic rings. The SMILES string of the molecule is CC(C)(C)c1nc(CN2CCC[C@@H]2C(=O)NCc2ccco2)cs1. The first-order valence-electron chi connectivity index (χ1n) is 8.42. The van der Waals surface area contributed by atoms with Gasteiger partial charge in [-0.2, -0.15) is 0 Å². The van der Waals surface area contributed by atoms with Crippen LogP contribution in [0.2, 0.25) is 0 Å². The minimum Gasteiger partial charge on any atom is -0.467 e. The maximum absolute atomic E-state index is 12.5. The highest BCUT2D eigenvalue weighted by atomic mass is 32.1. The third-order valence-corrected chi connectivity index (χ3v) is 5.56. The van der Waals surface area contributed by atoms with E-state index in [2.05, 4.69) is 36.4 Å². The van der Waals surface area contributed by atoms with Crippen LogP contribution in [0.3, 0.4) is 0 Å². The molecule has 0 saturated carbocycles. The predicted molar refractivity (Wildman–Crippen MR) is 94.8 cm³/mol. The lowest BCUT2D eigenvalue weighted by Gasteiger charge is -2.22. The second-order valence-electron chi connectivity index (χ2n) is 7.32. The van der Waals surface area contributed by atoms with Crippen molar-refractivity contribution in [3.05, 3.63) is 40.2 Å². The van der Waals surface area contributed by atoms with Crippen LogP contribution in [-0.4, -0.2) is 28.4 Å². The Morgan fingerprint density at radius 1 is 1.50 bits per heavy atom. The van der Waals surface area contributed by atoms with Crippen molar-refractivity contribution in [2.75, 3.05) is 6.54 Å². The molecule has 1 N–H and O–H groups in total. The largest absolute Gasteiger partial charge is 0.467 e. The van der Waals surface area contributed by atoms with Gasteiger partial charge < -0.3 is 9.73 Å². The second kappa shape index (κ2) is 7.07. The summed E-state index contributed by atoms with van der Waals surface area (Å²) in [6.07, 6.45) is 3.58. The van der Waals surface area contributed by atoms with Crippen LogP contribution < -0.4 is 5.32 Å². The number of aromatic nitrogens is 1. The molecule has 1 atom stereocenters. The smallest absolute Gasteiger partial charge is 0.237 e. The van der Waals surface area contributed by atoms with Gasteiger partial charge >= 0.3 is 0 Å². The summed E-state index contributed by atoms with van der Waals surface area (Å²) in [5, 5.41) is 6.25. The van der Waals surface area contributed by atoms with Gasteiger partial charge in [0.15, 0.2) is 0 Å². The number of nitrogens with zero attached hydrogens (tertiary/aromatic N) is 2. The summed E-state index contributed by atoms with van der Waals surface area (Å²) < 4.78 is 5.27. The number of thiazole rings is 1. The summed E-state index contributed by atoms with van der Waals surface area (Å²) in [5.41, 5.74) is 1.14. The first kappa shape index (κ1) is 17.2. The molecule has 3 heterocycles. The number of amides is 1. The minimum absolute atomic E-state index is 0.0697. The van der Waals surface area contributed by atoms with Gasteiger partial charge in [0, 0.05) is 17.3 Å². The zero-order chi connectivity index (χ0) is 17.2. The summed E-state index contributed by atoms with van der Waals surface area (Å²) >= 11 is 1.71. The number of likely N-dealkylation sites (tertiary alicyclic amines) is 1. The van der Waals surface area contributed by atoms with Crippen molar-refractivity contribution < 1.29 is 9.21 Å². The van der Waals surface area contributed by atoms with E-state index in [0.717, 1.165) is 42.4 Å². The first-order chi connectivity index (χ1) is 11.4. The topological polar surface area (TPSA) is 58.4 Å². The summed E-state index contributed by atoms with van der Waals surface area (Å²) in [5.74, 6) is 0.859. The van der Waals surface area contributed by atoms with E-state index in [-0.39, 0.29) is 17.4 Å². The lowest BCUT2D eigenvalue weighted by atomic mass is 9.98. The molecule has 0 aliphatic carbocycles. The summed E-state index contributed by atoms with van der Waals surface area (Å²) in [7, 11) is 0. The summed E-state index contributed by atoms with van der Waals surface area (Å²) in [6, 6.07) is 3.63. The zero-order valence-corrected chi connectivity index (χ0v) is 15.4. The highest BCUT2D eigenvalue weighted by Gasteiger charge is 2.31. The first-order valence-corrected chi connectivity index (χ1v) is 9.30. The highest BCUT2D eigenvalue weighted by Crippen LogP contribution is 2.27. The van der Waals surface area contributed by atoms with Crippen molar-refractivity contribution in [2.45, 2.75) is 58.2 Å². The normalized spacial score (nSPS) is 18.9. The van der Waals surface area contributed by atoms with Gasteiger partial charge in [0.1, 0.15) is 5.76 Å². The number of carbonyl (C=O) groups excluding carboxylic acids is 1. The molecule has 5 nitrogen and oxygen atoms in total. The summed E-state index contributed by atoms with van der Waals surface area (Å²) in [6.45, 7) is 8.66. The van der Waals surface area contributed by atoms with Gasteiger partial charge in [0.05, 0.1) is 29.6 Å². The molecular weight excluding hydrogens is 322 g/mol. The number of rotatable bonds is 5. The van der Waals surface area contributed by atoms with E-state index in [0.29, 0.717) is 6.54 Å². The van der Waals surface area contributed by atoms with E-state index in [4.69, 9.17) is 9.40 Å². The van der Waals surface area contributed by atoms with Crippen molar-refractivity contribution in [2.24, 2.45) is 0 Å². The molecule has 1 fully saturated rings. The van der Waals surface area contributed by atoms with Crippen LogP contribution in [0, 0.1) is 0 Å². The predicted octanol–water partition coefficient (Wildman–Crippen LogP) is 3.31. The average molecular weight is 347 g/mol. The van der Waals surface area contributed by atoms with Crippen LogP contribution in [0.25, 0.3) is 0 Å². The zero-order valence-electron chi connectivity index (χ0n) is 14.5. The van der Waals surface area contributed by atoms with Crippen LogP contribution in [0.4, 0.5) is 0 Å². The van der Waals surface area contributed by atoms with Crippen LogP contribution in [0.15, 0.2) is 28.2 Å². The lowest BCUT2D eigenvalue weighted by molar-refractivity contribution is -0.125. The number of hydrogen-bond acceptors (Lipinski definition) is 5. The Kier molecular flexibility index (Phi) is 5.06. The number of furan rings is 1. The molecular formula is C18H25N3O2S. The van der Waals surface area contributed by atoms with Crippen LogP contribution in [0.5, 0.6) is 0 Å². The average Bonchev–Trinajstić information content (AvgIpc) is 3.26. The molecule has 1 aliphatic heterocycles. The van der Waals surface area contributed by atoms with Crippen LogP contribution >= 0.6 is 11.3 Å². The fourth-order valence-electron chi connectivity index (χ4n) is 2.95. The van der Waals surface area contributed by atoms with Crippen molar-refractivity contribution in [1.29, 1.82) is 0 Å². The van der Waals surface area contributed by atoms with E-state index >= 15 is 0 Å². The maximum atomic E-state index is 12.5. The van der Waals surface area contributed by atoms with Crippen LogP contribution in [-0.2, 0) is 23.3 Å². The van der Waals surface area contributed by atoms with Gasteiger partial charge in [-0.1, -0.05) is 20.8 Å². The number of hydrogen-bond donors (Lipinski definition) is 1. The Morgan fingerprint density at radius 2 is 2.33 bits per heavy atom. The molecule has 0 bridgehead atoms. The molecule has 1 saturated heterocycles. The van der Waals surface area contributed by atoms with E-state index in [1.165, 1.54) is 0 Å². The van der Waals surface area contributed by atoms with E-state index in [9.17, 15) is 4.79 Å². The number of nitrogens with one attached hydrogen (secondary N) is 1. The van der Waals surface area contributed by atoms with Gasteiger partial charge in [0.2, 0.25) is 5.91 Å². The van der Waals surface area contributed by atoms with Crippen molar-refractivity contribution in [3.63, 3.8) is 0 Å². The molecule has 0 radical (unpaired) electrons. The maximum Gasteiger partial charge on any atom is 0.237 e. The molecule has 130 valence electrons. The Labute approximate surface area is 147 Å². The molecule has 0 unspecified atom stereocenters. The van der Waals surface area contributed by atoms with Gasteiger partial charge in [-0.3, -0.25) is 9.69 Å². The molecule has 24 heavy (non-hydrogen) atoms. The highest BCUT2D eigenvalue weighted by molar-refractivity contribution is 7.09. The Bertz CT molecular complexity index is 673. The second-order valence-corrected chi connectivity index (χ2v) is 8.18. The summed E-state index contributed by atoms with van der Waals surface area (Å²) in [4.78, 5) is 19.5. The van der Waals surface area contributed by atoms with E-state index in [1.54, 1.807) is 17.6 Å². The van der Waals surface area contributed by atoms with Gasteiger partial charge in [0.25, 0.3) is 0 Å². The Balaban J connectivity index is 1.58. The van der Waals surface area contributed by atoms with E-state index in [1.807, 2.05) is 12.1 Å². The fraction of sp³-hybridized carbons (Fsp3) is 0.556. The van der Waals surface area contributed by atoms with Crippen molar-refractivity contribution >= 4 is 17.2 Å². The fourth-order valence-corrected chi connectivity index (χ4v) is 3.85. The molecule has 0 spiro atoms. The van der Waals surface area contributed by atoms with Gasteiger partial charge in [-0.25, -0.2) is 4.98 Å². The van der Waals surface area contributed by atoms with Crippen molar-refractivity contribution in [1.82, 2.24) is 15.2 Å². The third kappa shape index (κ3) is 4.05. The van der Waals surface area contributed by atoms with Gasteiger partial charge in [-0.05, 0) is 31.5 Å². The minimum atomic E-state index is -0.0697. The quantitative estimate of drug-likeness (QED) is 0.901. The molecule has 3 rings (SSSR count). The van der Waals surface area contributed by atoms with Crippen LogP contribution in [0.1, 0.15) is 50.1 Å². The standard InChI is InChI=1S/C18H25N3O2S/c1-18(2,3)17-20-13(12-24-17)11-21-8-4-7-15(21)16(22)19-10-14-6-5-9-23-14/h5-6,9,12,15H,4,7-8,10-11H2,1-3H3,(H,19,22)/t15-/m1/s1. The van der Waals surface area contributed by atoms with Gasteiger partial charge in [-0.15, -0.1) is 11.3 Å². The monoisotopic (exact) mass is 347 g/mol. The number of carbonyl (C=O) groups is 1. The third-order valence-electron chi connectivity index (χ3n) is 4.24. The molecule has 6 heteroatoms.